The largest absolute Gasteiger partial charge is 0.492 e. The average Bonchev–Trinajstić information content (AvgIpc) is 3.46. The molecule has 0 bridgehead atoms. The Labute approximate surface area is 269 Å². The van der Waals surface area contributed by atoms with Crippen LogP contribution in [0.4, 0.5) is 0 Å². The van der Waals surface area contributed by atoms with Gasteiger partial charge in [0.2, 0.25) is 11.8 Å². The smallest absolute Gasteiger partial charge is 0.363 e. The van der Waals surface area contributed by atoms with Crippen molar-refractivity contribution in [3.63, 3.8) is 0 Å². The molecule has 3 heterocycles. The zero-order valence-electron chi connectivity index (χ0n) is 26.4. The number of nitrogens with zero attached hydrogens (tertiary/aromatic N) is 1. The highest BCUT2D eigenvalue weighted by atomic mass is 16.7. The van der Waals surface area contributed by atoms with Crippen LogP contribution in [0.3, 0.4) is 0 Å². The lowest BCUT2D eigenvalue weighted by Gasteiger charge is -2.36. The third-order valence-corrected chi connectivity index (χ3v) is 7.60. The highest BCUT2D eigenvalue weighted by molar-refractivity contribution is 5.99. The molecule has 0 atom stereocenters. The van der Waals surface area contributed by atoms with Gasteiger partial charge >= 0.3 is 23.9 Å². The Morgan fingerprint density at radius 3 is 1.70 bits per heavy atom. The van der Waals surface area contributed by atoms with Crippen LogP contribution in [-0.2, 0) is 19.9 Å². The van der Waals surface area contributed by atoms with Crippen LogP contribution in [-0.4, -0.2) is 38.8 Å². The number of aromatic nitrogens is 1. The van der Waals surface area contributed by atoms with E-state index in [9.17, 15) is 29.4 Å². The molecule has 6 rings (SSSR count). The fraction of sp³-hybridized carbons (Fsp3) is 0.257. The van der Waals surface area contributed by atoms with E-state index in [1.165, 1.54) is 30.3 Å². The van der Waals surface area contributed by atoms with Crippen LogP contribution >= 0.6 is 0 Å². The molecule has 4 aromatic rings. The molecule has 0 unspecified atom stereocenters. The summed E-state index contributed by atoms with van der Waals surface area (Å²) in [5.74, 6) is -2.94. The van der Waals surface area contributed by atoms with Gasteiger partial charge in [-0.15, -0.1) is 4.73 Å². The molecule has 12 nitrogen and oxygen atoms in total. The van der Waals surface area contributed by atoms with Gasteiger partial charge in [0.25, 0.3) is 0 Å². The van der Waals surface area contributed by atoms with Crippen LogP contribution in [0.1, 0.15) is 78.9 Å². The average molecular weight is 642 g/mol. The van der Waals surface area contributed by atoms with Gasteiger partial charge < -0.3 is 34.0 Å². The van der Waals surface area contributed by atoms with E-state index in [4.69, 9.17) is 23.8 Å². The van der Waals surface area contributed by atoms with Crippen molar-refractivity contribution in [1.82, 2.24) is 4.73 Å². The van der Waals surface area contributed by atoms with Crippen molar-refractivity contribution in [3.05, 3.63) is 94.5 Å². The minimum absolute atomic E-state index is 0.0324. The number of rotatable bonds is 4. The van der Waals surface area contributed by atoms with E-state index in [-0.39, 0.29) is 39.7 Å². The number of fused-ring (bicyclic) bond motifs is 6. The second-order valence-electron chi connectivity index (χ2n) is 13.3. The first kappa shape index (κ1) is 31.2. The molecule has 0 saturated carbocycles. The zero-order valence-corrected chi connectivity index (χ0v) is 26.4. The molecule has 0 aliphatic carbocycles. The maximum atomic E-state index is 13.4. The SMILES string of the molecule is CC(C)(C)C(=O)Oc1ccc2c(c1)Oc1cc(OC(=O)C(C)(C)C)ccc1C21OC(=O)c2ccc(C(=O)On3c(O)ccc3O)cc21. The van der Waals surface area contributed by atoms with Crippen molar-refractivity contribution in [2.24, 2.45) is 10.8 Å². The monoisotopic (exact) mass is 641 g/mol. The third-order valence-electron chi connectivity index (χ3n) is 7.60. The van der Waals surface area contributed by atoms with Crippen LogP contribution in [0.2, 0.25) is 0 Å². The Bertz CT molecular complexity index is 1890. The zero-order chi connectivity index (χ0) is 34.1. The van der Waals surface area contributed by atoms with E-state index >= 15 is 0 Å². The number of hydrogen-bond acceptors (Lipinski definition) is 11. The normalized spacial score (nSPS) is 14.3. The van der Waals surface area contributed by atoms with Crippen LogP contribution in [0.5, 0.6) is 34.8 Å². The first-order valence-corrected chi connectivity index (χ1v) is 14.6. The molecular formula is C35H31NO11. The highest BCUT2D eigenvalue weighted by Gasteiger charge is 2.54. The highest BCUT2D eigenvalue weighted by Crippen LogP contribution is 2.57. The summed E-state index contributed by atoms with van der Waals surface area (Å²) >= 11 is 0. The van der Waals surface area contributed by atoms with Crippen molar-refractivity contribution < 1.29 is 53.2 Å². The standard InChI is InChI=1S/C35H31NO11/c1-33(2,3)31(41)43-19-8-11-22-25(16-19)45-26-17-20(44-32(42)34(4,5)6)9-12-23(26)35(22)24-15-18(7-10-21(24)30(40)46-35)29(39)47-36-27(37)13-14-28(36)38/h7-17,37-38H,1-6H3. The lowest BCUT2D eigenvalue weighted by molar-refractivity contribution is -0.143. The predicted octanol–water partition coefficient (Wildman–Crippen LogP) is 5.64. The molecule has 242 valence electrons. The molecule has 0 fully saturated rings. The van der Waals surface area contributed by atoms with E-state index in [1.807, 2.05) is 0 Å². The molecule has 0 amide bonds. The van der Waals surface area contributed by atoms with Crippen molar-refractivity contribution in [2.75, 3.05) is 0 Å². The quantitative estimate of drug-likeness (QED) is 0.210. The topological polar surface area (TPSA) is 160 Å². The van der Waals surface area contributed by atoms with E-state index in [0.717, 1.165) is 12.1 Å². The molecule has 2 N–H and O–H groups in total. The Morgan fingerprint density at radius 2 is 1.21 bits per heavy atom. The number of carbonyl (C=O) groups is 4. The van der Waals surface area contributed by atoms with E-state index in [0.29, 0.717) is 15.9 Å². The summed E-state index contributed by atoms with van der Waals surface area (Å²) in [7, 11) is 0. The second-order valence-corrected chi connectivity index (χ2v) is 13.3. The molecule has 3 aromatic carbocycles. The molecule has 0 radical (unpaired) electrons. The summed E-state index contributed by atoms with van der Waals surface area (Å²) in [6, 6.07) is 15.7. The fourth-order valence-electron chi connectivity index (χ4n) is 5.09. The molecule has 1 aromatic heterocycles. The molecule has 47 heavy (non-hydrogen) atoms. The second kappa shape index (κ2) is 10.6. The molecule has 2 aliphatic heterocycles. The number of carbonyl (C=O) groups excluding carboxylic acids is 4. The molecular weight excluding hydrogens is 610 g/mol. The van der Waals surface area contributed by atoms with Gasteiger partial charge in [-0.3, -0.25) is 9.59 Å². The molecule has 1 spiro atoms. The number of aromatic hydroxyl groups is 2. The van der Waals surface area contributed by atoms with Gasteiger partial charge in [-0.25, -0.2) is 9.59 Å². The maximum Gasteiger partial charge on any atom is 0.363 e. The van der Waals surface area contributed by atoms with Gasteiger partial charge in [-0.1, -0.05) is 0 Å². The van der Waals surface area contributed by atoms with Crippen LogP contribution < -0.4 is 19.0 Å². The van der Waals surface area contributed by atoms with E-state index < -0.39 is 52.1 Å². The lowest BCUT2D eigenvalue weighted by atomic mass is 9.77. The fourth-order valence-corrected chi connectivity index (χ4v) is 5.09. The Kier molecular flexibility index (Phi) is 7.07. The van der Waals surface area contributed by atoms with Gasteiger partial charge in [0.1, 0.15) is 23.0 Å². The van der Waals surface area contributed by atoms with E-state index in [1.54, 1.807) is 65.8 Å². The molecule has 2 aliphatic rings. The minimum atomic E-state index is -1.66. The lowest BCUT2D eigenvalue weighted by Crippen LogP contribution is -2.33. The van der Waals surface area contributed by atoms with Crippen molar-refractivity contribution in [2.45, 2.75) is 47.1 Å². The summed E-state index contributed by atoms with van der Waals surface area (Å²) in [4.78, 5) is 57.2. The van der Waals surface area contributed by atoms with Gasteiger partial charge in [0.15, 0.2) is 5.60 Å². The third kappa shape index (κ3) is 5.31. The van der Waals surface area contributed by atoms with Crippen LogP contribution in [0.25, 0.3) is 0 Å². The van der Waals surface area contributed by atoms with E-state index in [2.05, 4.69) is 0 Å². The maximum absolute atomic E-state index is 13.4. The summed E-state index contributed by atoms with van der Waals surface area (Å²) in [5.41, 5.74) is -2.15. The van der Waals surface area contributed by atoms with Crippen molar-refractivity contribution in [1.29, 1.82) is 0 Å². The van der Waals surface area contributed by atoms with Gasteiger partial charge in [-0.05, 0) is 84.0 Å². The first-order valence-electron chi connectivity index (χ1n) is 14.6. The number of benzene rings is 3. The van der Waals surface area contributed by atoms with Gasteiger partial charge in [-0.2, -0.15) is 0 Å². The summed E-state index contributed by atoms with van der Waals surface area (Å²) in [6.07, 6.45) is 0. The Balaban J connectivity index is 1.50. The summed E-state index contributed by atoms with van der Waals surface area (Å²) in [5, 5.41) is 19.9. The Hall–Kier alpha value is -5.78. The first-order chi connectivity index (χ1) is 22.0. The predicted molar refractivity (Wildman–Crippen MR) is 164 cm³/mol. The number of esters is 3. The Morgan fingerprint density at radius 1 is 0.702 bits per heavy atom. The van der Waals surface area contributed by atoms with Gasteiger partial charge in [0.05, 0.1) is 22.0 Å². The number of hydrogen-bond donors (Lipinski definition) is 2. The summed E-state index contributed by atoms with van der Waals surface area (Å²) < 4.78 is 24.2. The van der Waals surface area contributed by atoms with Crippen LogP contribution in [0.15, 0.2) is 66.7 Å². The van der Waals surface area contributed by atoms with Crippen molar-refractivity contribution >= 4 is 23.9 Å². The molecule has 0 saturated heterocycles. The minimum Gasteiger partial charge on any atom is -0.492 e. The number of ether oxygens (including phenoxy) is 4. The van der Waals surface area contributed by atoms with Crippen molar-refractivity contribution in [3.8, 4) is 34.8 Å². The molecule has 12 heteroatoms. The summed E-state index contributed by atoms with van der Waals surface area (Å²) in [6.45, 7) is 10.3. The van der Waals surface area contributed by atoms with Gasteiger partial charge in [0, 0.05) is 41.0 Å². The van der Waals surface area contributed by atoms with Crippen LogP contribution in [0, 0.1) is 10.8 Å².